The van der Waals surface area contributed by atoms with E-state index in [9.17, 15) is 0 Å². The highest BCUT2D eigenvalue weighted by Gasteiger charge is 2.08. The maximum absolute atomic E-state index is 5.31. The molecule has 2 rings (SSSR count). The monoisotopic (exact) mass is 460 g/mol. The molecule has 0 saturated heterocycles. The third-order valence-corrected chi connectivity index (χ3v) is 3.76. The fourth-order valence-electron chi connectivity index (χ4n) is 2.41. The fraction of sp³-hybridized carbons (Fsp3) is 0.588. The summed E-state index contributed by atoms with van der Waals surface area (Å²) in [6.07, 6.45) is 0.975. The molecule has 0 aliphatic carbocycles. The molecule has 0 spiro atoms. The van der Waals surface area contributed by atoms with Crippen LogP contribution >= 0.6 is 24.0 Å². The Morgan fingerprint density at radius 3 is 2.60 bits per heavy atom. The molecule has 0 amide bonds. The summed E-state index contributed by atoms with van der Waals surface area (Å²) in [7, 11) is 1.76. The van der Waals surface area contributed by atoms with Gasteiger partial charge in [0.05, 0.1) is 17.9 Å². The van der Waals surface area contributed by atoms with Gasteiger partial charge in [-0.1, -0.05) is 19.0 Å². The second-order valence-electron chi connectivity index (χ2n) is 6.23. The highest BCUT2D eigenvalue weighted by Crippen LogP contribution is 2.13. The van der Waals surface area contributed by atoms with Crippen molar-refractivity contribution >= 4 is 29.9 Å². The van der Waals surface area contributed by atoms with E-state index < -0.39 is 0 Å². The number of aryl methyl sites for hydroxylation is 3. The second-order valence-corrected chi connectivity index (χ2v) is 6.23. The summed E-state index contributed by atoms with van der Waals surface area (Å²) < 4.78 is 7.35. The summed E-state index contributed by atoms with van der Waals surface area (Å²) in [4.78, 5) is 4.22. The Labute approximate surface area is 166 Å². The van der Waals surface area contributed by atoms with E-state index in [1.807, 2.05) is 17.7 Å². The molecule has 0 saturated carbocycles. The summed E-state index contributed by atoms with van der Waals surface area (Å²) in [5, 5.41) is 15.1. The van der Waals surface area contributed by atoms with Crippen LogP contribution in [0.25, 0.3) is 0 Å². The van der Waals surface area contributed by atoms with Gasteiger partial charge in [0.25, 0.3) is 0 Å². The molecule has 2 N–H and O–H groups in total. The number of hydrogen-bond acceptors (Lipinski definition) is 4. The largest absolute Gasteiger partial charge is 0.359 e. The molecule has 0 radical (unpaired) electrons. The van der Waals surface area contributed by atoms with E-state index in [1.54, 1.807) is 7.05 Å². The summed E-state index contributed by atoms with van der Waals surface area (Å²) in [5.74, 6) is 1.93. The molecule has 0 atom stereocenters. The lowest BCUT2D eigenvalue weighted by Gasteiger charge is -2.11. The number of guanidine groups is 1. The van der Waals surface area contributed by atoms with Gasteiger partial charge in [-0.25, -0.2) is 0 Å². The van der Waals surface area contributed by atoms with E-state index >= 15 is 0 Å². The predicted octanol–water partition coefficient (Wildman–Crippen LogP) is 2.98. The molecule has 0 fully saturated rings. The number of hydrogen-bond donors (Lipinski definition) is 2. The Hall–Kier alpha value is -1.58. The number of rotatable bonds is 7. The van der Waals surface area contributed by atoms with Crippen molar-refractivity contribution in [2.24, 2.45) is 4.99 Å². The van der Waals surface area contributed by atoms with Crippen LogP contribution in [0.3, 0.4) is 0 Å². The van der Waals surface area contributed by atoms with Gasteiger partial charge < -0.3 is 15.2 Å². The molecule has 7 nitrogen and oxygen atoms in total. The van der Waals surface area contributed by atoms with Crippen LogP contribution in [-0.2, 0) is 13.1 Å². The minimum Gasteiger partial charge on any atom is -0.359 e. The predicted molar refractivity (Wildman–Crippen MR) is 111 cm³/mol. The van der Waals surface area contributed by atoms with Gasteiger partial charge in [0, 0.05) is 31.9 Å². The van der Waals surface area contributed by atoms with Crippen LogP contribution in [-0.4, -0.2) is 34.5 Å². The van der Waals surface area contributed by atoms with E-state index in [1.165, 1.54) is 5.69 Å². The van der Waals surface area contributed by atoms with Crippen molar-refractivity contribution in [3.63, 3.8) is 0 Å². The first-order valence-corrected chi connectivity index (χ1v) is 8.40. The number of nitrogens with zero attached hydrogens (tertiary/aromatic N) is 4. The van der Waals surface area contributed by atoms with Gasteiger partial charge in [-0.05, 0) is 32.3 Å². The smallest absolute Gasteiger partial charge is 0.191 e. The van der Waals surface area contributed by atoms with Crippen LogP contribution < -0.4 is 10.6 Å². The maximum atomic E-state index is 5.31. The Balaban J connectivity index is 0.00000312. The molecule has 0 aliphatic rings. The summed E-state index contributed by atoms with van der Waals surface area (Å²) in [6.45, 7) is 10.6. The Morgan fingerprint density at radius 1 is 1.28 bits per heavy atom. The van der Waals surface area contributed by atoms with Crippen molar-refractivity contribution in [1.29, 1.82) is 0 Å². The minimum atomic E-state index is 0. The number of halogens is 1. The zero-order chi connectivity index (χ0) is 17.5. The lowest BCUT2D eigenvalue weighted by molar-refractivity contribution is 0.372. The first kappa shape index (κ1) is 21.5. The number of aliphatic imine (C=N–C) groups is 1. The van der Waals surface area contributed by atoms with Crippen LogP contribution in [0.2, 0.25) is 0 Å². The van der Waals surface area contributed by atoms with E-state index in [0.717, 1.165) is 42.6 Å². The van der Waals surface area contributed by atoms with Crippen molar-refractivity contribution in [2.45, 2.75) is 53.1 Å². The van der Waals surface area contributed by atoms with Crippen LogP contribution in [0.4, 0.5) is 0 Å². The van der Waals surface area contributed by atoms with Crippen molar-refractivity contribution in [1.82, 2.24) is 25.6 Å². The standard InChI is InChI=1S/C17H28N6O.HI/c1-12(2)16-10-15(24-22-16)11-20-17(18-5)19-7-6-8-23-14(4)9-13(3)21-23;/h9-10,12H,6-8,11H2,1-5H3,(H2,18,19,20);1H. The first-order chi connectivity index (χ1) is 11.5. The van der Waals surface area contributed by atoms with E-state index in [-0.39, 0.29) is 24.0 Å². The third-order valence-electron chi connectivity index (χ3n) is 3.76. The molecular formula is C17H29IN6O. The highest BCUT2D eigenvalue weighted by molar-refractivity contribution is 14.0. The van der Waals surface area contributed by atoms with E-state index in [4.69, 9.17) is 4.52 Å². The average molecular weight is 460 g/mol. The van der Waals surface area contributed by atoms with Crippen LogP contribution in [0, 0.1) is 13.8 Å². The molecule has 2 aromatic heterocycles. The van der Waals surface area contributed by atoms with E-state index in [0.29, 0.717) is 12.5 Å². The van der Waals surface area contributed by atoms with Gasteiger partial charge in [0.2, 0.25) is 0 Å². The molecule has 140 valence electrons. The van der Waals surface area contributed by atoms with Crippen molar-refractivity contribution < 1.29 is 4.52 Å². The lowest BCUT2D eigenvalue weighted by atomic mass is 10.1. The Kier molecular flexibility index (Phi) is 8.95. The Bertz CT molecular complexity index is 676. The van der Waals surface area contributed by atoms with Gasteiger partial charge >= 0.3 is 0 Å². The summed E-state index contributed by atoms with van der Waals surface area (Å²) >= 11 is 0. The molecular weight excluding hydrogens is 431 g/mol. The molecule has 0 aromatic carbocycles. The molecule has 0 bridgehead atoms. The zero-order valence-electron chi connectivity index (χ0n) is 15.7. The number of nitrogens with one attached hydrogen (secondary N) is 2. The highest BCUT2D eigenvalue weighted by atomic mass is 127. The van der Waals surface area contributed by atoms with Crippen LogP contribution in [0.5, 0.6) is 0 Å². The first-order valence-electron chi connectivity index (χ1n) is 8.40. The lowest BCUT2D eigenvalue weighted by Crippen LogP contribution is -2.37. The molecule has 25 heavy (non-hydrogen) atoms. The molecule has 0 aliphatic heterocycles. The van der Waals surface area contributed by atoms with Crippen molar-refractivity contribution in [2.75, 3.05) is 13.6 Å². The van der Waals surface area contributed by atoms with Gasteiger partial charge in [-0.3, -0.25) is 9.67 Å². The quantitative estimate of drug-likeness (QED) is 0.288. The normalized spacial score (nSPS) is 11.5. The molecule has 2 heterocycles. The second kappa shape index (κ2) is 10.4. The fourth-order valence-corrected chi connectivity index (χ4v) is 2.41. The van der Waals surface area contributed by atoms with E-state index in [2.05, 4.69) is 52.7 Å². The number of aromatic nitrogens is 3. The van der Waals surface area contributed by atoms with Crippen LogP contribution in [0.1, 0.15) is 49.0 Å². The maximum Gasteiger partial charge on any atom is 0.191 e. The van der Waals surface area contributed by atoms with Gasteiger partial charge in [-0.15, -0.1) is 24.0 Å². The average Bonchev–Trinajstić information content (AvgIpc) is 3.13. The minimum absolute atomic E-state index is 0. The van der Waals surface area contributed by atoms with Gasteiger partial charge in [-0.2, -0.15) is 5.10 Å². The van der Waals surface area contributed by atoms with Crippen molar-refractivity contribution in [3.05, 3.63) is 35.0 Å². The van der Waals surface area contributed by atoms with Crippen molar-refractivity contribution in [3.8, 4) is 0 Å². The molecule has 0 unspecified atom stereocenters. The SMILES string of the molecule is CN=C(NCCCn1nc(C)cc1C)NCc1cc(C(C)C)no1.I. The van der Waals surface area contributed by atoms with Crippen LogP contribution in [0.15, 0.2) is 21.6 Å². The van der Waals surface area contributed by atoms with Gasteiger partial charge in [0.15, 0.2) is 11.7 Å². The summed E-state index contributed by atoms with van der Waals surface area (Å²) in [6, 6.07) is 4.07. The zero-order valence-corrected chi connectivity index (χ0v) is 18.0. The third kappa shape index (κ3) is 6.68. The van der Waals surface area contributed by atoms with Gasteiger partial charge in [0.1, 0.15) is 0 Å². The molecule has 2 aromatic rings. The molecule has 8 heteroatoms. The summed E-state index contributed by atoms with van der Waals surface area (Å²) in [5.41, 5.74) is 3.23. The Morgan fingerprint density at radius 2 is 2.04 bits per heavy atom. The topological polar surface area (TPSA) is 80.3 Å².